The highest BCUT2D eigenvalue weighted by Crippen LogP contribution is 2.53. The molecule has 0 aromatic heterocycles. The average Bonchev–Trinajstić information content (AvgIpc) is 3.15. The zero-order chi connectivity index (χ0) is 18.6. The van der Waals surface area contributed by atoms with Crippen molar-refractivity contribution in [2.45, 2.75) is 61.9 Å². The summed E-state index contributed by atoms with van der Waals surface area (Å²) >= 11 is 0. The summed E-state index contributed by atoms with van der Waals surface area (Å²) in [6.45, 7) is 0.428. The molecule has 6 heteroatoms. The minimum atomic E-state index is -3.62. The van der Waals surface area contributed by atoms with Crippen LogP contribution < -0.4 is 5.32 Å². The number of sulfonamides is 1. The molecule has 0 radical (unpaired) electrons. The van der Waals surface area contributed by atoms with Crippen molar-refractivity contribution in [3.05, 3.63) is 30.3 Å². The SMILES string of the molecule is O=C(NC1C2CC3CC(C2)CC1C3)[C@H]1CCCN1S(=O)(=O)c1ccccc1. The normalized spacial score (nSPS) is 38.2. The molecule has 1 heterocycles. The van der Waals surface area contributed by atoms with E-state index in [0.717, 1.165) is 18.3 Å². The van der Waals surface area contributed by atoms with Crippen LogP contribution in [0.5, 0.6) is 0 Å². The van der Waals surface area contributed by atoms with E-state index >= 15 is 0 Å². The minimum absolute atomic E-state index is 0.0792. The monoisotopic (exact) mass is 388 g/mol. The number of carbonyl (C=O) groups excluding carboxylic acids is 1. The molecule has 6 rings (SSSR count). The van der Waals surface area contributed by atoms with Gasteiger partial charge in [-0.3, -0.25) is 4.79 Å². The van der Waals surface area contributed by atoms with Crippen molar-refractivity contribution < 1.29 is 13.2 Å². The fourth-order valence-electron chi connectivity index (χ4n) is 6.44. The van der Waals surface area contributed by atoms with E-state index in [0.29, 0.717) is 24.8 Å². The van der Waals surface area contributed by atoms with Crippen LogP contribution in [0.2, 0.25) is 0 Å². The third-order valence-corrected chi connectivity index (χ3v) is 9.31. The van der Waals surface area contributed by atoms with Gasteiger partial charge in [0.2, 0.25) is 15.9 Å². The first-order chi connectivity index (χ1) is 13.0. The van der Waals surface area contributed by atoms with Crippen molar-refractivity contribution in [3.63, 3.8) is 0 Å². The fourth-order valence-corrected chi connectivity index (χ4v) is 8.12. The maximum absolute atomic E-state index is 13.1. The Morgan fingerprint density at radius 1 is 0.963 bits per heavy atom. The molecule has 0 spiro atoms. The minimum Gasteiger partial charge on any atom is -0.351 e. The summed E-state index contributed by atoms with van der Waals surface area (Å²) in [5.74, 6) is 2.85. The van der Waals surface area contributed by atoms with Gasteiger partial charge in [0.1, 0.15) is 6.04 Å². The summed E-state index contributed by atoms with van der Waals surface area (Å²) in [6.07, 6.45) is 7.73. The third-order valence-electron chi connectivity index (χ3n) is 7.39. The molecule has 4 aliphatic carbocycles. The smallest absolute Gasteiger partial charge is 0.243 e. The highest BCUT2D eigenvalue weighted by Gasteiger charge is 2.49. The number of amides is 1. The van der Waals surface area contributed by atoms with Crippen LogP contribution in [-0.2, 0) is 14.8 Å². The van der Waals surface area contributed by atoms with Gasteiger partial charge >= 0.3 is 0 Å². The summed E-state index contributed by atoms with van der Waals surface area (Å²) in [4.78, 5) is 13.4. The molecular weight excluding hydrogens is 360 g/mol. The van der Waals surface area contributed by atoms with Crippen LogP contribution in [0.3, 0.4) is 0 Å². The number of nitrogens with zero attached hydrogens (tertiary/aromatic N) is 1. The molecule has 1 aromatic carbocycles. The predicted octanol–water partition coefficient (Wildman–Crippen LogP) is 2.78. The number of carbonyl (C=O) groups is 1. The van der Waals surface area contributed by atoms with Crippen molar-refractivity contribution in [2.75, 3.05) is 6.54 Å². The van der Waals surface area contributed by atoms with Crippen LogP contribution in [-0.4, -0.2) is 37.3 Å². The molecule has 146 valence electrons. The number of rotatable bonds is 4. The van der Waals surface area contributed by atoms with Gasteiger partial charge in [-0.2, -0.15) is 4.31 Å². The molecule has 5 aliphatic rings. The van der Waals surface area contributed by atoms with Gasteiger partial charge in [0.25, 0.3) is 0 Å². The van der Waals surface area contributed by atoms with Crippen molar-refractivity contribution in [1.29, 1.82) is 0 Å². The molecule has 1 aliphatic heterocycles. The lowest BCUT2D eigenvalue weighted by atomic mass is 9.54. The first-order valence-corrected chi connectivity index (χ1v) is 11.8. The van der Waals surface area contributed by atoms with Gasteiger partial charge in [-0.05, 0) is 80.8 Å². The Morgan fingerprint density at radius 3 is 2.22 bits per heavy atom. The summed E-state index contributed by atoms with van der Waals surface area (Å²) < 4.78 is 27.5. The van der Waals surface area contributed by atoms with Crippen LogP contribution in [0.25, 0.3) is 0 Å². The molecular formula is C21H28N2O3S. The Morgan fingerprint density at radius 2 is 1.59 bits per heavy atom. The van der Waals surface area contributed by atoms with E-state index in [4.69, 9.17) is 0 Å². The Hall–Kier alpha value is -1.40. The quantitative estimate of drug-likeness (QED) is 0.862. The molecule has 0 unspecified atom stereocenters. The average molecular weight is 389 g/mol. The zero-order valence-corrected chi connectivity index (χ0v) is 16.4. The lowest BCUT2D eigenvalue weighted by Gasteiger charge is -2.54. The van der Waals surface area contributed by atoms with E-state index in [2.05, 4.69) is 5.32 Å². The molecule has 1 amide bonds. The Kier molecular flexibility index (Phi) is 4.32. The molecule has 5 fully saturated rings. The van der Waals surface area contributed by atoms with Gasteiger partial charge in [0.15, 0.2) is 0 Å². The molecule has 4 bridgehead atoms. The Bertz CT molecular complexity index is 795. The number of hydrogen-bond donors (Lipinski definition) is 1. The Balaban J connectivity index is 1.33. The van der Waals surface area contributed by atoms with Gasteiger partial charge in [-0.25, -0.2) is 8.42 Å². The number of hydrogen-bond acceptors (Lipinski definition) is 3. The number of benzene rings is 1. The second kappa shape index (κ2) is 6.59. The first-order valence-electron chi connectivity index (χ1n) is 10.4. The second-order valence-corrected chi connectivity index (χ2v) is 10.9. The standard InChI is InChI=1S/C21H28N2O3S/c24-21(22-20-16-10-14-9-15(12-16)13-17(20)11-14)19-7-4-8-23(19)27(25,26)18-5-2-1-3-6-18/h1-3,5-6,14-17,19-20H,4,7-13H2,(H,22,24)/t14?,15?,16?,17?,19-,20?/m1/s1. The largest absolute Gasteiger partial charge is 0.351 e. The van der Waals surface area contributed by atoms with Gasteiger partial charge < -0.3 is 5.32 Å². The van der Waals surface area contributed by atoms with Crippen LogP contribution in [0, 0.1) is 23.7 Å². The molecule has 27 heavy (non-hydrogen) atoms. The molecule has 4 saturated carbocycles. The molecule has 1 N–H and O–H groups in total. The highest BCUT2D eigenvalue weighted by molar-refractivity contribution is 7.89. The van der Waals surface area contributed by atoms with Crippen molar-refractivity contribution in [1.82, 2.24) is 9.62 Å². The third kappa shape index (κ3) is 3.01. The molecule has 1 aromatic rings. The topological polar surface area (TPSA) is 66.5 Å². The van der Waals surface area contributed by atoms with Gasteiger partial charge in [-0.15, -0.1) is 0 Å². The summed E-state index contributed by atoms with van der Waals surface area (Å²) in [6, 6.07) is 8.18. The van der Waals surface area contributed by atoms with Crippen molar-refractivity contribution in [2.24, 2.45) is 23.7 Å². The molecule has 1 saturated heterocycles. The van der Waals surface area contributed by atoms with Crippen molar-refractivity contribution in [3.8, 4) is 0 Å². The van der Waals surface area contributed by atoms with E-state index in [-0.39, 0.29) is 16.8 Å². The molecule has 5 nitrogen and oxygen atoms in total. The van der Waals surface area contributed by atoms with E-state index < -0.39 is 16.1 Å². The van der Waals surface area contributed by atoms with Gasteiger partial charge in [0, 0.05) is 12.6 Å². The summed E-state index contributed by atoms with van der Waals surface area (Å²) in [5, 5.41) is 3.31. The fraction of sp³-hybridized carbons (Fsp3) is 0.667. The number of nitrogens with one attached hydrogen (secondary N) is 1. The lowest BCUT2D eigenvalue weighted by molar-refractivity contribution is -0.128. The lowest BCUT2D eigenvalue weighted by Crippen LogP contribution is -2.58. The van der Waals surface area contributed by atoms with E-state index in [9.17, 15) is 13.2 Å². The van der Waals surface area contributed by atoms with Crippen LogP contribution in [0.1, 0.15) is 44.9 Å². The van der Waals surface area contributed by atoms with E-state index in [1.54, 1.807) is 30.3 Å². The predicted molar refractivity (Wildman–Crippen MR) is 102 cm³/mol. The van der Waals surface area contributed by atoms with E-state index in [1.165, 1.54) is 36.4 Å². The second-order valence-electron chi connectivity index (χ2n) is 9.05. The van der Waals surface area contributed by atoms with E-state index in [1.807, 2.05) is 0 Å². The Labute approximate surface area is 161 Å². The van der Waals surface area contributed by atoms with Crippen LogP contribution in [0.15, 0.2) is 35.2 Å². The van der Waals surface area contributed by atoms with Gasteiger partial charge in [-0.1, -0.05) is 18.2 Å². The van der Waals surface area contributed by atoms with Crippen molar-refractivity contribution >= 4 is 15.9 Å². The maximum atomic E-state index is 13.1. The zero-order valence-electron chi connectivity index (χ0n) is 15.6. The first kappa shape index (κ1) is 17.7. The summed E-state index contributed by atoms with van der Waals surface area (Å²) in [7, 11) is -3.62. The summed E-state index contributed by atoms with van der Waals surface area (Å²) in [5.41, 5.74) is 0. The highest BCUT2D eigenvalue weighted by atomic mass is 32.2. The van der Waals surface area contributed by atoms with Crippen LogP contribution >= 0.6 is 0 Å². The maximum Gasteiger partial charge on any atom is 0.243 e. The molecule has 1 atom stereocenters. The van der Waals surface area contributed by atoms with Crippen LogP contribution in [0.4, 0.5) is 0 Å². The van der Waals surface area contributed by atoms with Gasteiger partial charge in [0.05, 0.1) is 4.90 Å².